The van der Waals surface area contributed by atoms with Crippen LogP contribution in [0.15, 0.2) is 66.7 Å². The van der Waals surface area contributed by atoms with Crippen molar-refractivity contribution in [1.82, 2.24) is 10.2 Å². The molecule has 0 bridgehead atoms. The van der Waals surface area contributed by atoms with Gasteiger partial charge in [-0.15, -0.1) is 0 Å². The molecule has 3 N–H and O–H groups in total. The Labute approximate surface area is 236 Å². The first kappa shape index (κ1) is 30.2. The van der Waals surface area contributed by atoms with E-state index < -0.39 is 35.6 Å². The molecule has 0 saturated heterocycles. The van der Waals surface area contributed by atoms with Crippen LogP contribution in [-0.2, 0) is 20.7 Å². The number of phenols is 1. The van der Waals surface area contributed by atoms with Crippen molar-refractivity contribution in [3.8, 4) is 5.75 Å². The fraction of sp³-hybridized carbons (Fsp3) is 0.344. The summed E-state index contributed by atoms with van der Waals surface area (Å²) in [5.41, 5.74) is 3.26. The van der Waals surface area contributed by atoms with Gasteiger partial charge in [-0.3, -0.25) is 9.59 Å². The monoisotopic (exact) mass is 545 g/mol. The van der Waals surface area contributed by atoms with Crippen LogP contribution in [0.5, 0.6) is 5.75 Å². The van der Waals surface area contributed by atoms with Gasteiger partial charge >= 0.3 is 6.09 Å². The van der Waals surface area contributed by atoms with Crippen molar-refractivity contribution >= 4 is 23.6 Å². The molecule has 3 aromatic rings. The molecule has 3 rings (SSSR count). The number of anilines is 1. The number of nitrogens with zero attached hydrogens (tertiary/aromatic N) is 1. The van der Waals surface area contributed by atoms with Crippen molar-refractivity contribution in [2.24, 2.45) is 0 Å². The predicted octanol–water partition coefficient (Wildman–Crippen LogP) is 5.59. The van der Waals surface area contributed by atoms with Gasteiger partial charge in [0.15, 0.2) is 0 Å². The topological polar surface area (TPSA) is 108 Å². The van der Waals surface area contributed by atoms with Crippen LogP contribution >= 0.6 is 0 Å². The number of benzene rings is 3. The Morgan fingerprint density at radius 2 is 1.45 bits per heavy atom. The zero-order valence-corrected chi connectivity index (χ0v) is 24.2. The number of nitrogens with one attached hydrogen (secondary N) is 2. The third-order valence-corrected chi connectivity index (χ3v) is 6.55. The summed E-state index contributed by atoms with van der Waals surface area (Å²) in [6.45, 7) is 10.7. The third kappa shape index (κ3) is 7.62. The molecule has 8 nitrogen and oxygen atoms in total. The average molecular weight is 546 g/mol. The van der Waals surface area contributed by atoms with E-state index in [1.165, 1.54) is 11.9 Å². The molecule has 0 radical (unpaired) electrons. The van der Waals surface area contributed by atoms with Gasteiger partial charge in [0, 0.05) is 24.7 Å². The SMILES string of the molecule is Cc1cccc(C(C(=O)Nc2c(C)cccc2C)N(C)C(=O)C(Cc2ccccc2)NC(=O)OC(C)(C)C)c1O. The lowest BCUT2D eigenvalue weighted by molar-refractivity contribution is -0.139. The van der Waals surface area contributed by atoms with Gasteiger partial charge in [-0.1, -0.05) is 66.7 Å². The van der Waals surface area contributed by atoms with Crippen LogP contribution in [0.3, 0.4) is 0 Å². The van der Waals surface area contributed by atoms with Crippen molar-refractivity contribution in [2.75, 3.05) is 12.4 Å². The van der Waals surface area contributed by atoms with Gasteiger partial charge in [-0.05, 0) is 63.8 Å². The minimum Gasteiger partial charge on any atom is -0.507 e. The van der Waals surface area contributed by atoms with Crippen molar-refractivity contribution in [1.29, 1.82) is 0 Å². The highest BCUT2D eigenvalue weighted by Gasteiger charge is 2.36. The molecular weight excluding hydrogens is 506 g/mol. The zero-order valence-electron chi connectivity index (χ0n) is 24.2. The lowest BCUT2D eigenvalue weighted by Crippen LogP contribution is -2.52. The van der Waals surface area contributed by atoms with Crippen LogP contribution in [0, 0.1) is 20.8 Å². The van der Waals surface area contributed by atoms with E-state index in [4.69, 9.17) is 4.74 Å². The quantitative estimate of drug-likeness (QED) is 0.342. The molecule has 0 heterocycles. The largest absolute Gasteiger partial charge is 0.507 e. The molecule has 212 valence electrons. The number of alkyl carbamates (subject to hydrolysis) is 1. The maximum absolute atomic E-state index is 14.0. The summed E-state index contributed by atoms with van der Waals surface area (Å²) in [6, 6.07) is 17.8. The first-order valence-corrected chi connectivity index (χ1v) is 13.2. The molecule has 2 atom stereocenters. The van der Waals surface area contributed by atoms with E-state index in [9.17, 15) is 19.5 Å². The van der Waals surface area contributed by atoms with Crippen molar-refractivity contribution in [2.45, 2.75) is 65.6 Å². The first-order valence-electron chi connectivity index (χ1n) is 13.2. The van der Waals surface area contributed by atoms with Gasteiger partial charge in [0.2, 0.25) is 5.91 Å². The number of aryl methyl sites for hydroxylation is 3. The third-order valence-electron chi connectivity index (χ3n) is 6.55. The summed E-state index contributed by atoms with van der Waals surface area (Å²) in [5, 5.41) is 16.6. The van der Waals surface area contributed by atoms with Crippen molar-refractivity contribution in [3.63, 3.8) is 0 Å². The number of hydrogen-bond donors (Lipinski definition) is 3. The molecule has 0 spiro atoms. The van der Waals surface area contributed by atoms with E-state index in [0.29, 0.717) is 11.3 Å². The van der Waals surface area contributed by atoms with E-state index in [2.05, 4.69) is 10.6 Å². The Hall–Kier alpha value is -4.33. The smallest absolute Gasteiger partial charge is 0.408 e. The lowest BCUT2D eigenvalue weighted by Gasteiger charge is -2.32. The van der Waals surface area contributed by atoms with Gasteiger partial charge in [0.25, 0.3) is 5.91 Å². The number of likely N-dealkylation sites (N-methyl/N-ethyl adjacent to an activating group) is 1. The second-order valence-corrected chi connectivity index (χ2v) is 11.0. The zero-order chi connectivity index (χ0) is 29.6. The standard InChI is InChI=1S/C32H39N3O5/c1-20-13-11-14-21(2)26(20)34-29(37)27(24-18-12-15-22(3)28(24)36)35(7)30(38)25(19-23-16-9-8-10-17-23)33-31(39)40-32(4,5)6/h8-18,25,27,36H,19H2,1-7H3,(H,33,39)(H,34,37). The Morgan fingerprint density at radius 1 is 0.875 bits per heavy atom. The predicted molar refractivity (Wildman–Crippen MR) is 156 cm³/mol. The number of rotatable bonds is 8. The summed E-state index contributed by atoms with van der Waals surface area (Å²) in [7, 11) is 1.49. The van der Waals surface area contributed by atoms with E-state index in [0.717, 1.165) is 16.7 Å². The summed E-state index contributed by atoms with van der Waals surface area (Å²) >= 11 is 0. The van der Waals surface area contributed by atoms with Gasteiger partial charge in [0.1, 0.15) is 23.4 Å². The van der Waals surface area contributed by atoms with E-state index in [-0.39, 0.29) is 17.7 Å². The number of aromatic hydroxyl groups is 1. The van der Waals surface area contributed by atoms with Crippen LogP contribution in [-0.4, -0.2) is 46.6 Å². The number of hydrogen-bond acceptors (Lipinski definition) is 5. The van der Waals surface area contributed by atoms with Crippen LogP contribution < -0.4 is 10.6 Å². The minimum atomic E-state index is -1.19. The normalized spacial score (nSPS) is 12.7. The molecule has 3 aromatic carbocycles. The number of phenolic OH excluding ortho intramolecular Hbond substituents is 1. The summed E-state index contributed by atoms with van der Waals surface area (Å²) < 4.78 is 5.43. The minimum absolute atomic E-state index is 0.0801. The summed E-state index contributed by atoms with van der Waals surface area (Å²) in [5.74, 6) is -1.09. The molecule has 0 aliphatic rings. The van der Waals surface area contributed by atoms with Gasteiger partial charge in [-0.2, -0.15) is 0 Å². The maximum atomic E-state index is 14.0. The number of ether oxygens (including phenoxy) is 1. The van der Waals surface area contributed by atoms with Crippen molar-refractivity contribution < 1.29 is 24.2 Å². The molecule has 0 aliphatic carbocycles. The fourth-order valence-electron chi connectivity index (χ4n) is 4.50. The van der Waals surface area contributed by atoms with Gasteiger partial charge in [0.05, 0.1) is 0 Å². The molecule has 3 amide bonds. The highest BCUT2D eigenvalue weighted by atomic mass is 16.6. The molecule has 2 unspecified atom stereocenters. The maximum Gasteiger partial charge on any atom is 0.408 e. The lowest BCUT2D eigenvalue weighted by atomic mass is 9.98. The Morgan fingerprint density at radius 3 is 2.05 bits per heavy atom. The van der Waals surface area contributed by atoms with E-state index in [1.807, 2.05) is 62.4 Å². The van der Waals surface area contributed by atoms with Gasteiger partial charge < -0.3 is 25.4 Å². The number of carbonyl (C=O) groups is 3. The van der Waals surface area contributed by atoms with Crippen LogP contribution in [0.4, 0.5) is 10.5 Å². The Kier molecular flexibility index (Phi) is 9.58. The Balaban J connectivity index is 2.02. The second kappa shape index (κ2) is 12.7. The molecule has 0 saturated carbocycles. The average Bonchev–Trinajstić information content (AvgIpc) is 2.87. The molecule has 40 heavy (non-hydrogen) atoms. The highest BCUT2D eigenvalue weighted by Crippen LogP contribution is 2.33. The number of carbonyl (C=O) groups excluding carboxylic acids is 3. The van der Waals surface area contributed by atoms with E-state index >= 15 is 0 Å². The summed E-state index contributed by atoms with van der Waals surface area (Å²) in [4.78, 5) is 42.0. The fourth-order valence-corrected chi connectivity index (χ4v) is 4.50. The van der Waals surface area contributed by atoms with Crippen LogP contribution in [0.25, 0.3) is 0 Å². The van der Waals surface area contributed by atoms with Crippen LogP contribution in [0.1, 0.15) is 54.6 Å². The van der Waals surface area contributed by atoms with Gasteiger partial charge in [-0.25, -0.2) is 4.79 Å². The first-order chi connectivity index (χ1) is 18.8. The number of amides is 3. The number of para-hydroxylation sites is 2. The Bertz CT molecular complexity index is 1340. The van der Waals surface area contributed by atoms with Crippen LogP contribution in [0.2, 0.25) is 0 Å². The molecule has 8 heteroatoms. The molecule has 0 aromatic heterocycles. The molecule has 0 aliphatic heterocycles. The summed E-state index contributed by atoms with van der Waals surface area (Å²) in [6.07, 6.45) is -0.570. The highest BCUT2D eigenvalue weighted by molar-refractivity contribution is 6.00. The second-order valence-electron chi connectivity index (χ2n) is 11.0. The van der Waals surface area contributed by atoms with Crippen molar-refractivity contribution in [3.05, 3.63) is 94.5 Å². The van der Waals surface area contributed by atoms with E-state index in [1.54, 1.807) is 45.9 Å². The molecule has 0 fully saturated rings. The molecular formula is C32H39N3O5.